The standard InChI is InChI=1S/C22H26N4O3Si/c1-30(2)12-11-28-16-26-21(9-10-23-26)17-3-5-19(6-4-17)29-20-7-8-22-24-18(15-27)13-25(22)14-20/h3-10,13-14,27,30H,11-12,15-16H2,1-2H3. The van der Waals surface area contributed by atoms with E-state index in [1.54, 1.807) is 12.4 Å². The van der Waals surface area contributed by atoms with Gasteiger partial charge < -0.3 is 19.0 Å². The Kier molecular flexibility index (Phi) is 6.27. The van der Waals surface area contributed by atoms with Gasteiger partial charge >= 0.3 is 0 Å². The van der Waals surface area contributed by atoms with Crippen molar-refractivity contribution in [3.05, 3.63) is 66.7 Å². The number of aromatic nitrogens is 4. The summed E-state index contributed by atoms with van der Waals surface area (Å²) in [5, 5.41) is 13.6. The van der Waals surface area contributed by atoms with Crippen molar-refractivity contribution in [1.29, 1.82) is 0 Å². The molecule has 0 atom stereocenters. The van der Waals surface area contributed by atoms with Crippen LogP contribution in [0.5, 0.6) is 11.5 Å². The van der Waals surface area contributed by atoms with Crippen molar-refractivity contribution in [1.82, 2.24) is 19.2 Å². The van der Waals surface area contributed by atoms with Gasteiger partial charge in [0.2, 0.25) is 0 Å². The van der Waals surface area contributed by atoms with Gasteiger partial charge in [-0.25, -0.2) is 9.67 Å². The van der Waals surface area contributed by atoms with Gasteiger partial charge in [-0.1, -0.05) is 13.1 Å². The van der Waals surface area contributed by atoms with Gasteiger partial charge in [0.05, 0.1) is 24.2 Å². The van der Waals surface area contributed by atoms with Gasteiger partial charge in [-0.05, 0) is 48.5 Å². The van der Waals surface area contributed by atoms with E-state index in [2.05, 4.69) is 23.2 Å². The monoisotopic (exact) mass is 422 g/mol. The van der Waals surface area contributed by atoms with E-state index in [4.69, 9.17) is 9.47 Å². The molecule has 0 amide bonds. The minimum atomic E-state index is -0.588. The quantitative estimate of drug-likeness (QED) is 0.327. The third-order valence-corrected chi connectivity index (χ3v) is 6.18. The Hall–Kier alpha value is -2.94. The second kappa shape index (κ2) is 9.25. The molecule has 8 heteroatoms. The van der Waals surface area contributed by atoms with E-state index in [1.165, 1.54) is 6.04 Å². The zero-order chi connectivity index (χ0) is 20.9. The first-order valence-corrected chi connectivity index (χ1v) is 13.2. The van der Waals surface area contributed by atoms with E-state index in [-0.39, 0.29) is 6.61 Å². The summed E-state index contributed by atoms with van der Waals surface area (Å²) in [4.78, 5) is 4.30. The fourth-order valence-electron chi connectivity index (χ4n) is 3.14. The van der Waals surface area contributed by atoms with Crippen LogP contribution in [0.1, 0.15) is 5.69 Å². The molecule has 4 aromatic rings. The Labute approximate surface area is 177 Å². The lowest BCUT2D eigenvalue weighted by molar-refractivity contribution is 0.0801. The lowest BCUT2D eigenvalue weighted by Gasteiger charge is -2.10. The second-order valence-electron chi connectivity index (χ2n) is 7.58. The summed E-state index contributed by atoms with van der Waals surface area (Å²) >= 11 is 0. The Morgan fingerprint density at radius 3 is 2.57 bits per heavy atom. The molecule has 0 bridgehead atoms. The number of aliphatic hydroxyl groups is 1. The molecular formula is C22H26N4O3Si. The average molecular weight is 423 g/mol. The van der Waals surface area contributed by atoms with Crippen molar-refractivity contribution in [2.75, 3.05) is 6.61 Å². The third-order valence-electron chi connectivity index (χ3n) is 4.79. The van der Waals surface area contributed by atoms with Gasteiger partial charge in [-0.15, -0.1) is 0 Å². The molecule has 0 unspecified atom stereocenters. The first kappa shape index (κ1) is 20.3. The van der Waals surface area contributed by atoms with Crippen LogP contribution in [0.25, 0.3) is 16.9 Å². The second-order valence-corrected chi connectivity index (χ2v) is 10.9. The van der Waals surface area contributed by atoms with Crippen molar-refractivity contribution in [2.45, 2.75) is 32.5 Å². The van der Waals surface area contributed by atoms with Crippen molar-refractivity contribution in [3.63, 3.8) is 0 Å². The van der Waals surface area contributed by atoms with Crippen LogP contribution in [0.3, 0.4) is 0 Å². The van der Waals surface area contributed by atoms with Crippen LogP contribution >= 0.6 is 0 Å². The van der Waals surface area contributed by atoms with Gasteiger partial charge in [-0.3, -0.25) is 0 Å². The maximum absolute atomic E-state index is 9.23. The molecule has 0 aliphatic heterocycles. The van der Waals surface area contributed by atoms with E-state index in [1.807, 2.05) is 57.7 Å². The molecular weight excluding hydrogens is 396 g/mol. The number of benzene rings is 1. The van der Waals surface area contributed by atoms with Crippen LogP contribution in [0, 0.1) is 0 Å². The number of hydrogen-bond donors (Lipinski definition) is 1. The van der Waals surface area contributed by atoms with Gasteiger partial charge in [0.1, 0.15) is 23.9 Å². The number of nitrogens with zero attached hydrogens (tertiary/aromatic N) is 4. The third kappa shape index (κ3) is 4.78. The molecule has 30 heavy (non-hydrogen) atoms. The molecule has 3 aromatic heterocycles. The SMILES string of the molecule is C[SiH](C)CCOCn1nccc1-c1ccc(Oc2ccc3nc(CO)cn3c2)cc1. The van der Waals surface area contributed by atoms with Crippen LogP contribution in [0.4, 0.5) is 0 Å². The largest absolute Gasteiger partial charge is 0.456 e. The Bertz CT molecular complexity index is 1110. The summed E-state index contributed by atoms with van der Waals surface area (Å²) < 4.78 is 15.5. The highest BCUT2D eigenvalue weighted by Gasteiger charge is 2.08. The molecule has 0 aliphatic rings. The fraction of sp³-hybridized carbons (Fsp3) is 0.273. The average Bonchev–Trinajstić information content (AvgIpc) is 3.38. The number of imidazole rings is 1. The number of fused-ring (bicyclic) bond motifs is 1. The summed E-state index contributed by atoms with van der Waals surface area (Å²) in [6.45, 7) is 5.82. The van der Waals surface area contributed by atoms with Crippen LogP contribution in [0.15, 0.2) is 61.1 Å². The Balaban J connectivity index is 1.43. The van der Waals surface area contributed by atoms with E-state index in [0.29, 0.717) is 18.2 Å². The zero-order valence-electron chi connectivity index (χ0n) is 17.2. The number of pyridine rings is 1. The van der Waals surface area contributed by atoms with Crippen molar-refractivity contribution in [3.8, 4) is 22.8 Å². The number of rotatable bonds is 9. The number of hydrogen-bond acceptors (Lipinski definition) is 5. The first-order valence-electron chi connectivity index (χ1n) is 10.1. The molecule has 3 heterocycles. The molecule has 0 saturated carbocycles. The zero-order valence-corrected chi connectivity index (χ0v) is 18.4. The van der Waals surface area contributed by atoms with Gasteiger partial charge in [-0.2, -0.15) is 5.10 Å². The summed E-state index contributed by atoms with van der Waals surface area (Å²) in [6, 6.07) is 14.8. The Morgan fingerprint density at radius 1 is 1.00 bits per heavy atom. The fourth-order valence-corrected chi connectivity index (χ4v) is 3.78. The Morgan fingerprint density at radius 2 is 1.80 bits per heavy atom. The molecule has 0 radical (unpaired) electrons. The highest BCUT2D eigenvalue weighted by Crippen LogP contribution is 2.26. The molecule has 7 nitrogen and oxygen atoms in total. The maximum atomic E-state index is 9.23. The maximum Gasteiger partial charge on any atom is 0.144 e. The van der Waals surface area contributed by atoms with Crippen LogP contribution in [-0.4, -0.2) is 39.7 Å². The molecule has 4 rings (SSSR count). The van der Waals surface area contributed by atoms with Crippen LogP contribution in [0.2, 0.25) is 19.1 Å². The van der Waals surface area contributed by atoms with Gasteiger partial charge in [0.15, 0.2) is 0 Å². The summed E-state index contributed by atoms with van der Waals surface area (Å²) in [5.74, 6) is 1.44. The predicted octanol–water partition coefficient (Wildman–Crippen LogP) is 3.94. The van der Waals surface area contributed by atoms with Crippen molar-refractivity contribution in [2.24, 2.45) is 0 Å². The topological polar surface area (TPSA) is 73.8 Å². The minimum absolute atomic E-state index is 0.0829. The van der Waals surface area contributed by atoms with Crippen molar-refractivity contribution < 1.29 is 14.6 Å². The minimum Gasteiger partial charge on any atom is -0.456 e. The van der Waals surface area contributed by atoms with Gasteiger partial charge in [0, 0.05) is 33.4 Å². The predicted molar refractivity (Wildman–Crippen MR) is 118 cm³/mol. The van der Waals surface area contributed by atoms with E-state index in [9.17, 15) is 5.11 Å². The van der Waals surface area contributed by atoms with Crippen LogP contribution < -0.4 is 4.74 Å². The molecule has 0 spiro atoms. The van der Waals surface area contributed by atoms with Crippen LogP contribution in [-0.2, 0) is 18.1 Å². The van der Waals surface area contributed by atoms with Crippen molar-refractivity contribution >= 4 is 14.4 Å². The van der Waals surface area contributed by atoms with E-state index < -0.39 is 8.80 Å². The van der Waals surface area contributed by atoms with E-state index >= 15 is 0 Å². The lowest BCUT2D eigenvalue weighted by Crippen LogP contribution is -2.10. The molecule has 1 aromatic carbocycles. The normalized spacial score (nSPS) is 11.5. The summed E-state index contributed by atoms with van der Waals surface area (Å²) in [6.07, 6.45) is 5.43. The number of aliphatic hydroxyl groups excluding tert-OH is 1. The smallest absolute Gasteiger partial charge is 0.144 e. The summed E-state index contributed by atoms with van der Waals surface area (Å²) in [7, 11) is -0.588. The number of ether oxygens (including phenoxy) is 2. The molecule has 156 valence electrons. The molecule has 0 aliphatic carbocycles. The van der Waals surface area contributed by atoms with Gasteiger partial charge in [0.25, 0.3) is 0 Å². The first-order chi connectivity index (χ1) is 14.6. The lowest BCUT2D eigenvalue weighted by atomic mass is 10.1. The van der Waals surface area contributed by atoms with E-state index in [0.717, 1.165) is 29.3 Å². The molecule has 0 fully saturated rings. The molecule has 1 N–H and O–H groups in total. The summed E-state index contributed by atoms with van der Waals surface area (Å²) in [5.41, 5.74) is 3.47. The molecule has 0 saturated heterocycles. The highest BCUT2D eigenvalue weighted by molar-refractivity contribution is 6.55. The highest BCUT2D eigenvalue weighted by atomic mass is 28.3.